The van der Waals surface area contributed by atoms with E-state index in [2.05, 4.69) is 32.1 Å². The highest BCUT2D eigenvalue weighted by molar-refractivity contribution is 5.45. The van der Waals surface area contributed by atoms with Crippen molar-refractivity contribution in [2.75, 3.05) is 0 Å². The van der Waals surface area contributed by atoms with E-state index in [4.69, 9.17) is 0 Å². The molecule has 0 fully saturated rings. The van der Waals surface area contributed by atoms with Crippen LogP contribution in [0.1, 0.15) is 50.8 Å². The van der Waals surface area contributed by atoms with Crippen molar-refractivity contribution < 1.29 is 0 Å². The molecule has 0 aliphatic heterocycles. The third kappa shape index (κ3) is 1.70. The second-order valence-electron chi connectivity index (χ2n) is 5.21. The fourth-order valence-corrected chi connectivity index (χ4v) is 2.50. The zero-order valence-corrected chi connectivity index (χ0v) is 11.2. The Morgan fingerprint density at radius 3 is 2.29 bits per heavy atom. The fourth-order valence-electron chi connectivity index (χ4n) is 2.50. The molecule has 92 valence electrons. The third-order valence-electron chi connectivity index (χ3n) is 3.27. The van der Waals surface area contributed by atoms with Crippen LogP contribution < -0.4 is 5.56 Å². The predicted octanol–water partition coefficient (Wildman–Crippen LogP) is 2.88. The minimum absolute atomic E-state index is 0.134. The number of aromatic nitrogens is 2. The largest absolute Gasteiger partial charge is 0.306 e. The number of nitrogens with zero attached hydrogens (tertiary/aromatic N) is 2. The van der Waals surface area contributed by atoms with Crippen LogP contribution in [-0.4, -0.2) is 8.97 Å². The van der Waals surface area contributed by atoms with Crippen LogP contribution in [0, 0.1) is 0 Å². The Kier molecular flexibility index (Phi) is 2.86. The summed E-state index contributed by atoms with van der Waals surface area (Å²) in [6, 6.07) is 3.97. The summed E-state index contributed by atoms with van der Waals surface area (Å²) in [6.45, 7) is 8.44. The van der Waals surface area contributed by atoms with Gasteiger partial charge in [0.25, 0.3) is 5.56 Å². The van der Waals surface area contributed by atoms with Gasteiger partial charge in [-0.1, -0.05) is 27.7 Å². The Morgan fingerprint density at radius 2 is 1.76 bits per heavy atom. The van der Waals surface area contributed by atoms with Crippen LogP contribution in [0.5, 0.6) is 0 Å². The number of fused-ring (bicyclic) bond motifs is 1. The van der Waals surface area contributed by atoms with Crippen LogP contribution in [0.2, 0.25) is 0 Å². The van der Waals surface area contributed by atoms with Crippen molar-refractivity contribution in [3.8, 4) is 0 Å². The van der Waals surface area contributed by atoms with Crippen LogP contribution in [0.15, 0.2) is 23.1 Å². The second-order valence-corrected chi connectivity index (χ2v) is 5.21. The third-order valence-corrected chi connectivity index (χ3v) is 3.27. The molecule has 2 heterocycles. The highest BCUT2D eigenvalue weighted by atomic mass is 16.1. The zero-order chi connectivity index (χ0) is 12.7. The standard InChI is InChI=1S/C14H20N2O/c1-9(2)12-13(10(3)4)16-8-6-7-11(16)15(5)14(12)17/h6-10H,1-5H3. The number of hydrogen-bond acceptors (Lipinski definition) is 1. The summed E-state index contributed by atoms with van der Waals surface area (Å²) in [5.74, 6) is 0.592. The SMILES string of the molecule is CC(C)c1c(C(C)C)n2cccc2n(C)c1=O. The number of hydrogen-bond donors (Lipinski definition) is 0. The van der Waals surface area contributed by atoms with E-state index >= 15 is 0 Å². The average Bonchev–Trinajstić information content (AvgIpc) is 2.70. The molecule has 0 saturated heterocycles. The van der Waals surface area contributed by atoms with E-state index < -0.39 is 0 Å². The van der Waals surface area contributed by atoms with E-state index in [-0.39, 0.29) is 11.5 Å². The van der Waals surface area contributed by atoms with Crippen molar-refractivity contribution in [1.82, 2.24) is 8.97 Å². The molecule has 0 spiro atoms. The predicted molar refractivity (Wildman–Crippen MR) is 70.8 cm³/mol. The molecule has 2 aromatic rings. The summed E-state index contributed by atoms with van der Waals surface area (Å²) in [5.41, 5.74) is 3.17. The van der Waals surface area contributed by atoms with Crippen LogP contribution in [0.3, 0.4) is 0 Å². The first-order chi connectivity index (χ1) is 7.95. The molecule has 0 aromatic carbocycles. The minimum Gasteiger partial charge on any atom is -0.306 e. The molecule has 0 saturated carbocycles. The molecule has 0 N–H and O–H groups in total. The maximum Gasteiger partial charge on any atom is 0.257 e. The Hall–Kier alpha value is -1.51. The Bertz CT molecular complexity index is 602. The summed E-state index contributed by atoms with van der Waals surface area (Å²) >= 11 is 0. The van der Waals surface area contributed by atoms with Gasteiger partial charge in [-0.15, -0.1) is 0 Å². The summed E-state index contributed by atoms with van der Waals surface area (Å²) in [5, 5.41) is 0. The molecular weight excluding hydrogens is 212 g/mol. The Morgan fingerprint density at radius 1 is 1.12 bits per heavy atom. The molecule has 0 atom stereocenters. The van der Waals surface area contributed by atoms with Gasteiger partial charge in [-0.3, -0.25) is 9.36 Å². The van der Waals surface area contributed by atoms with Crippen molar-refractivity contribution >= 4 is 5.65 Å². The molecule has 2 rings (SSSR count). The van der Waals surface area contributed by atoms with Gasteiger partial charge >= 0.3 is 0 Å². The maximum absolute atomic E-state index is 12.4. The van der Waals surface area contributed by atoms with Crippen molar-refractivity contribution in [3.63, 3.8) is 0 Å². The second kappa shape index (κ2) is 4.06. The smallest absolute Gasteiger partial charge is 0.257 e. The summed E-state index contributed by atoms with van der Waals surface area (Å²) in [4.78, 5) is 12.4. The molecule has 0 aliphatic carbocycles. The van der Waals surface area contributed by atoms with Gasteiger partial charge in [0.05, 0.1) is 0 Å². The molecule has 3 heteroatoms. The van der Waals surface area contributed by atoms with E-state index in [0.717, 1.165) is 16.9 Å². The lowest BCUT2D eigenvalue weighted by molar-refractivity contribution is 0.694. The molecule has 17 heavy (non-hydrogen) atoms. The maximum atomic E-state index is 12.4. The molecular formula is C14H20N2O. The monoisotopic (exact) mass is 232 g/mol. The molecule has 3 nitrogen and oxygen atoms in total. The molecule has 0 bridgehead atoms. The van der Waals surface area contributed by atoms with Gasteiger partial charge in [0, 0.05) is 24.5 Å². The Balaban J connectivity index is 3.00. The highest BCUT2D eigenvalue weighted by Gasteiger charge is 2.19. The first-order valence-electron chi connectivity index (χ1n) is 6.15. The van der Waals surface area contributed by atoms with Gasteiger partial charge in [0.1, 0.15) is 5.65 Å². The average molecular weight is 232 g/mol. The molecule has 0 aliphatic rings. The molecule has 0 unspecified atom stereocenters. The first kappa shape index (κ1) is 12.0. The van der Waals surface area contributed by atoms with Gasteiger partial charge in [-0.2, -0.15) is 0 Å². The Labute approximate surface area is 102 Å². The minimum atomic E-state index is 0.134. The molecule has 0 amide bonds. The van der Waals surface area contributed by atoms with E-state index in [9.17, 15) is 4.79 Å². The normalized spacial score (nSPS) is 11.9. The molecule has 2 aromatic heterocycles. The van der Waals surface area contributed by atoms with Crippen LogP contribution in [0.25, 0.3) is 5.65 Å². The van der Waals surface area contributed by atoms with E-state index in [1.54, 1.807) is 4.57 Å². The molecule has 0 radical (unpaired) electrons. The van der Waals surface area contributed by atoms with Gasteiger partial charge in [-0.05, 0) is 24.0 Å². The summed E-state index contributed by atoms with van der Waals surface area (Å²) in [7, 11) is 1.84. The van der Waals surface area contributed by atoms with E-state index in [1.165, 1.54) is 0 Å². The lowest BCUT2D eigenvalue weighted by Gasteiger charge is -2.19. The fraction of sp³-hybridized carbons (Fsp3) is 0.500. The quantitative estimate of drug-likeness (QED) is 0.782. The first-order valence-corrected chi connectivity index (χ1v) is 6.15. The lowest BCUT2D eigenvalue weighted by atomic mass is 9.96. The van der Waals surface area contributed by atoms with E-state index in [1.807, 2.05) is 25.4 Å². The van der Waals surface area contributed by atoms with Gasteiger partial charge in [-0.25, -0.2) is 0 Å². The number of aryl methyl sites for hydroxylation is 1. The van der Waals surface area contributed by atoms with Gasteiger partial charge in [0.2, 0.25) is 0 Å². The van der Waals surface area contributed by atoms with Crippen molar-refractivity contribution in [2.45, 2.75) is 39.5 Å². The van der Waals surface area contributed by atoms with Crippen molar-refractivity contribution in [1.29, 1.82) is 0 Å². The van der Waals surface area contributed by atoms with Crippen LogP contribution >= 0.6 is 0 Å². The number of rotatable bonds is 2. The van der Waals surface area contributed by atoms with Crippen LogP contribution in [-0.2, 0) is 7.05 Å². The van der Waals surface area contributed by atoms with Crippen LogP contribution in [0.4, 0.5) is 0 Å². The zero-order valence-electron chi connectivity index (χ0n) is 11.2. The highest BCUT2D eigenvalue weighted by Crippen LogP contribution is 2.24. The summed E-state index contributed by atoms with van der Waals surface area (Å²) < 4.78 is 3.88. The summed E-state index contributed by atoms with van der Waals surface area (Å²) in [6.07, 6.45) is 2.04. The van der Waals surface area contributed by atoms with Crippen molar-refractivity contribution in [3.05, 3.63) is 39.9 Å². The van der Waals surface area contributed by atoms with E-state index in [0.29, 0.717) is 5.92 Å². The lowest BCUT2D eigenvalue weighted by Crippen LogP contribution is -2.27. The van der Waals surface area contributed by atoms with Gasteiger partial charge < -0.3 is 4.40 Å². The van der Waals surface area contributed by atoms with Crippen molar-refractivity contribution in [2.24, 2.45) is 7.05 Å². The van der Waals surface area contributed by atoms with Gasteiger partial charge in [0.15, 0.2) is 0 Å². The topological polar surface area (TPSA) is 26.4 Å².